The number of alkyl halides is 1. The molecule has 13 heavy (non-hydrogen) atoms. The van der Waals surface area contributed by atoms with E-state index in [0.29, 0.717) is 0 Å². The maximum absolute atomic E-state index is 11.8. The SMILES string of the molecule is O=S(=O)(Cc1ccccc1)[Se]CF. The van der Waals surface area contributed by atoms with Gasteiger partial charge in [0.25, 0.3) is 0 Å². The summed E-state index contributed by atoms with van der Waals surface area (Å²) >= 11 is -0.928. The summed E-state index contributed by atoms with van der Waals surface area (Å²) in [6.45, 7) is 0. The normalized spacial score (nSPS) is 11.5. The van der Waals surface area contributed by atoms with Gasteiger partial charge in [-0.2, -0.15) is 0 Å². The standard InChI is InChI=1S/C8H9FO2SSe/c9-7-13-12(10,11)6-8-4-2-1-3-5-8/h1-5H,6-7H2. The number of hydrogen-bond acceptors (Lipinski definition) is 2. The molecule has 1 rings (SSSR count). The van der Waals surface area contributed by atoms with E-state index < -0.39 is 27.7 Å². The van der Waals surface area contributed by atoms with E-state index in [1.54, 1.807) is 24.3 Å². The summed E-state index contributed by atoms with van der Waals surface area (Å²) in [4.78, 5) is 0. The molecule has 0 radical (unpaired) electrons. The Hall–Kier alpha value is -0.381. The Bertz CT molecular complexity index is 350. The van der Waals surface area contributed by atoms with Crippen LogP contribution in [0.1, 0.15) is 5.56 Å². The molecule has 0 atom stereocenters. The van der Waals surface area contributed by atoms with Crippen molar-refractivity contribution in [3.05, 3.63) is 35.9 Å². The first-order valence-electron chi connectivity index (χ1n) is 3.61. The molecular weight excluding hydrogens is 258 g/mol. The zero-order valence-corrected chi connectivity index (χ0v) is 9.34. The van der Waals surface area contributed by atoms with Gasteiger partial charge in [-0.15, -0.1) is 0 Å². The molecule has 0 bridgehead atoms. The summed E-state index contributed by atoms with van der Waals surface area (Å²) in [6, 6.07) is 8.81. The molecular formula is C8H9FO2SSe. The van der Waals surface area contributed by atoms with E-state index in [-0.39, 0.29) is 5.75 Å². The van der Waals surface area contributed by atoms with Crippen molar-refractivity contribution in [1.82, 2.24) is 0 Å². The second-order valence-corrected chi connectivity index (χ2v) is 9.19. The van der Waals surface area contributed by atoms with Crippen LogP contribution in [0.3, 0.4) is 0 Å². The van der Waals surface area contributed by atoms with Gasteiger partial charge in [0.1, 0.15) is 0 Å². The minimum atomic E-state index is -3.20. The summed E-state index contributed by atoms with van der Waals surface area (Å²) in [5, 5.41) is 0. The van der Waals surface area contributed by atoms with Gasteiger partial charge in [0, 0.05) is 0 Å². The van der Waals surface area contributed by atoms with Gasteiger partial charge in [-0.1, -0.05) is 0 Å². The quantitative estimate of drug-likeness (QED) is 0.767. The third-order valence-electron chi connectivity index (χ3n) is 1.41. The van der Waals surface area contributed by atoms with Crippen LogP contribution in [0, 0.1) is 0 Å². The molecule has 5 heteroatoms. The van der Waals surface area contributed by atoms with Gasteiger partial charge >= 0.3 is 82.1 Å². The van der Waals surface area contributed by atoms with Crippen molar-refractivity contribution in [2.75, 3.05) is 5.57 Å². The van der Waals surface area contributed by atoms with Crippen LogP contribution in [-0.2, 0) is 14.0 Å². The number of benzene rings is 1. The zero-order chi connectivity index (χ0) is 9.73. The van der Waals surface area contributed by atoms with Crippen LogP contribution in [0.5, 0.6) is 0 Å². The zero-order valence-electron chi connectivity index (χ0n) is 6.81. The molecule has 0 aromatic heterocycles. The molecule has 0 saturated heterocycles. The predicted molar refractivity (Wildman–Crippen MR) is 50.8 cm³/mol. The van der Waals surface area contributed by atoms with Crippen LogP contribution in [-0.4, -0.2) is 27.8 Å². The van der Waals surface area contributed by atoms with Crippen molar-refractivity contribution in [2.45, 2.75) is 5.75 Å². The predicted octanol–water partition coefficient (Wildman–Crippen LogP) is 1.15. The molecule has 0 fully saturated rings. The Morgan fingerprint density at radius 1 is 1.23 bits per heavy atom. The van der Waals surface area contributed by atoms with Gasteiger partial charge in [-0.25, -0.2) is 0 Å². The molecule has 0 spiro atoms. The molecule has 0 saturated carbocycles. The van der Waals surface area contributed by atoms with E-state index in [0.717, 1.165) is 5.56 Å². The van der Waals surface area contributed by atoms with Crippen molar-refractivity contribution < 1.29 is 12.8 Å². The Morgan fingerprint density at radius 3 is 2.38 bits per heavy atom. The molecule has 0 amide bonds. The first-order chi connectivity index (χ1) is 6.14. The molecule has 0 aliphatic rings. The molecule has 2 nitrogen and oxygen atoms in total. The Labute approximate surface area is 82.3 Å². The van der Waals surface area contributed by atoms with Gasteiger partial charge in [0.05, 0.1) is 0 Å². The van der Waals surface area contributed by atoms with Gasteiger partial charge in [-0.05, 0) is 0 Å². The molecule has 0 unspecified atom stereocenters. The van der Waals surface area contributed by atoms with Crippen molar-refractivity contribution in [2.24, 2.45) is 0 Å². The topological polar surface area (TPSA) is 34.1 Å². The van der Waals surface area contributed by atoms with Crippen LogP contribution < -0.4 is 0 Å². The first kappa shape index (κ1) is 10.7. The van der Waals surface area contributed by atoms with Crippen molar-refractivity contribution in [3.63, 3.8) is 0 Å². The molecule has 1 aromatic rings. The average Bonchev–Trinajstić information content (AvgIpc) is 2.04. The van der Waals surface area contributed by atoms with Crippen LogP contribution in [0.25, 0.3) is 0 Å². The fraction of sp³-hybridized carbons (Fsp3) is 0.250. The number of rotatable bonds is 4. The van der Waals surface area contributed by atoms with E-state index in [1.807, 2.05) is 6.07 Å². The molecule has 72 valence electrons. The third-order valence-corrected chi connectivity index (χ3v) is 6.11. The first-order valence-corrected chi connectivity index (χ1v) is 8.50. The molecule has 0 aliphatic carbocycles. The molecule has 0 heterocycles. The summed E-state index contributed by atoms with van der Waals surface area (Å²) in [6.07, 6.45) is 0. The van der Waals surface area contributed by atoms with Crippen LogP contribution >= 0.6 is 0 Å². The average molecular weight is 267 g/mol. The van der Waals surface area contributed by atoms with Gasteiger partial charge < -0.3 is 0 Å². The van der Waals surface area contributed by atoms with Crippen molar-refractivity contribution in [3.8, 4) is 0 Å². The fourth-order valence-corrected chi connectivity index (χ4v) is 3.94. The van der Waals surface area contributed by atoms with Crippen LogP contribution in [0.15, 0.2) is 30.3 Å². The van der Waals surface area contributed by atoms with Crippen LogP contribution in [0.2, 0.25) is 0 Å². The van der Waals surface area contributed by atoms with Crippen molar-refractivity contribution >= 4 is 22.1 Å². The summed E-state index contributed by atoms with van der Waals surface area (Å²) in [5.41, 5.74) is -0.0276. The number of halogens is 1. The summed E-state index contributed by atoms with van der Waals surface area (Å²) in [7, 11) is -3.20. The van der Waals surface area contributed by atoms with E-state index in [9.17, 15) is 12.8 Å². The Balaban J connectivity index is 2.70. The third kappa shape index (κ3) is 3.89. The minimum absolute atomic E-state index is 0.0439. The second-order valence-electron chi connectivity index (χ2n) is 2.41. The van der Waals surface area contributed by atoms with E-state index >= 15 is 0 Å². The van der Waals surface area contributed by atoms with E-state index in [4.69, 9.17) is 0 Å². The fourth-order valence-electron chi connectivity index (χ4n) is 0.888. The Kier molecular flexibility index (Phi) is 3.90. The van der Waals surface area contributed by atoms with Crippen LogP contribution in [0.4, 0.5) is 4.39 Å². The monoisotopic (exact) mass is 268 g/mol. The summed E-state index contributed by atoms with van der Waals surface area (Å²) in [5.74, 6) is -0.0439. The number of hydrogen-bond donors (Lipinski definition) is 0. The van der Waals surface area contributed by atoms with Crippen molar-refractivity contribution in [1.29, 1.82) is 0 Å². The van der Waals surface area contributed by atoms with E-state index in [1.165, 1.54) is 0 Å². The van der Waals surface area contributed by atoms with Gasteiger partial charge in [-0.3, -0.25) is 0 Å². The van der Waals surface area contributed by atoms with Gasteiger partial charge in [0.15, 0.2) is 0 Å². The van der Waals surface area contributed by atoms with E-state index in [2.05, 4.69) is 0 Å². The molecule has 1 aromatic carbocycles. The summed E-state index contributed by atoms with van der Waals surface area (Å²) < 4.78 is 34.2. The second kappa shape index (κ2) is 4.74. The molecule has 0 aliphatic heterocycles. The Morgan fingerprint density at radius 2 is 1.85 bits per heavy atom. The molecule has 0 N–H and O–H groups in total. The van der Waals surface area contributed by atoms with Gasteiger partial charge in [0.2, 0.25) is 0 Å². The maximum atomic E-state index is 11.8.